The molecule has 6 heteroatoms. The molecule has 62 heavy (non-hydrogen) atoms. The number of esters is 3. The Labute approximate surface area is 377 Å². The molecule has 0 aliphatic carbocycles. The van der Waals surface area contributed by atoms with E-state index in [1.807, 2.05) is 128 Å². The lowest BCUT2D eigenvalue weighted by Gasteiger charge is -2.18. The molecule has 0 fully saturated rings. The maximum absolute atomic E-state index is 12.7. The average molecular weight is 849 g/mol. The number of hydrogen-bond acceptors (Lipinski definition) is 6. The quantitative estimate of drug-likeness (QED) is 0.0266. The lowest BCUT2D eigenvalue weighted by molar-refractivity contribution is -0.167. The van der Waals surface area contributed by atoms with Crippen molar-refractivity contribution in [2.75, 3.05) is 13.2 Å². The highest BCUT2D eigenvalue weighted by Gasteiger charge is 2.19. The van der Waals surface area contributed by atoms with Gasteiger partial charge < -0.3 is 14.2 Å². The van der Waals surface area contributed by atoms with Crippen LogP contribution in [0.2, 0.25) is 0 Å². The van der Waals surface area contributed by atoms with Crippen LogP contribution in [0, 0.1) is 0 Å². The van der Waals surface area contributed by atoms with Crippen molar-refractivity contribution in [3.63, 3.8) is 0 Å². The van der Waals surface area contributed by atoms with Gasteiger partial charge in [-0.1, -0.05) is 223 Å². The number of ether oxygens (including phenoxy) is 3. The van der Waals surface area contributed by atoms with Gasteiger partial charge in [0.1, 0.15) is 13.2 Å². The second-order valence-electron chi connectivity index (χ2n) is 14.5. The van der Waals surface area contributed by atoms with Crippen molar-refractivity contribution in [2.24, 2.45) is 0 Å². The highest BCUT2D eigenvalue weighted by Crippen LogP contribution is 2.11. The lowest BCUT2D eigenvalue weighted by atomic mass is 10.1. The summed E-state index contributed by atoms with van der Waals surface area (Å²) in [5, 5.41) is 0. The Morgan fingerprint density at radius 3 is 1.05 bits per heavy atom. The molecular formula is C56H80O6. The molecule has 0 aliphatic rings. The molecule has 1 unspecified atom stereocenters. The van der Waals surface area contributed by atoms with E-state index in [0.717, 1.165) is 77.0 Å². The van der Waals surface area contributed by atoms with Crippen molar-refractivity contribution in [1.29, 1.82) is 0 Å². The van der Waals surface area contributed by atoms with Gasteiger partial charge in [0.05, 0.1) is 0 Å². The standard InChI is InChI=1S/C56H80O6/c1-4-7-10-13-16-19-22-25-26-27-28-29-32-34-37-40-43-46-49-55(58)61-52-53(62-56(59)50-47-44-41-38-35-31-24-21-18-15-12-9-6-3)51-60-54(57)48-45-42-39-36-33-30-23-20-17-14-11-8-5-2/h8-31,33,35,38,41,53H,4-7,32,34,36-37,39-40,42-52H2,1-3H3/b11-8-,12-9-,13-10-,17-14-,18-15-,19-16-,23-20-,24-21-,25-22-,27-26-,29-28-,33-30-,35-31-,41-38-. The molecular weight excluding hydrogens is 769 g/mol. The van der Waals surface area contributed by atoms with E-state index in [4.69, 9.17) is 14.2 Å². The van der Waals surface area contributed by atoms with E-state index in [1.165, 1.54) is 6.42 Å². The fourth-order valence-corrected chi connectivity index (χ4v) is 5.33. The molecule has 0 rings (SSSR count). The third-order valence-electron chi connectivity index (χ3n) is 8.77. The van der Waals surface area contributed by atoms with Crippen molar-refractivity contribution < 1.29 is 28.6 Å². The van der Waals surface area contributed by atoms with E-state index in [9.17, 15) is 14.4 Å². The molecule has 0 saturated heterocycles. The summed E-state index contributed by atoms with van der Waals surface area (Å²) in [4.78, 5) is 37.8. The SMILES string of the molecule is CC\C=C/C=C\C=C/C=C\C=C/CCCC(=O)OC(COC(=O)CCCCC\C=C/C=C\C=C/C=C\CC)COC(=O)CCCCCCC\C=C/C=C\C=C/C=C\C=C/CCC. The summed E-state index contributed by atoms with van der Waals surface area (Å²) in [5.41, 5.74) is 0. The molecule has 0 saturated carbocycles. The number of rotatable bonds is 38. The number of hydrogen-bond donors (Lipinski definition) is 0. The van der Waals surface area contributed by atoms with Crippen LogP contribution in [0.3, 0.4) is 0 Å². The molecule has 0 amide bonds. The number of allylic oxidation sites excluding steroid dienone is 28. The molecule has 0 aliphatic heterocycles. The Hall–Kier alpha value is -5.23. The lowest BCUT2D eigenvalue weighted by Crippen LogP contribution is -2.30. The predicted octanol–water partition coefficient (Wildman–Crippen LogP) is 15.2. The average Bonchev–Trinajstić information content (AvgIpc) is 3.27. The van der Waals surface area contributed by atoms with Gasteiger partial charge in [-0.25, -0.2) is 0 Å². The van der Waals surface area contributed by atoms with Gasteiger partial charge in [-0.2, -0.15) is 0 Å². The van der Waals surface area contributed by atoms with Gasteiger partial charge in [0.2, 0.25) is 0 Å². The highest BCUT2D eigenvalue weighted by atomic mass is 16.6. The topological polar surface area (TPSA) is 78.9 Å². The first-order valence-corrected chi connectivity index (χ1v) is 23.3. The summed E-state index contributed by atoms with van der Waals surface area (Å²) in [7, 11) is 0. The third kappa shape index (κ3) is 45.8. The minimum absolute atomic E-state index is 0.143. The normalized spacial score (nSPS) is 13.7. The van der Waals surface area contributed by atoms with Crippen LogP contribution in [0.1, 0.15) is 143 Å². The van der Waals surface area contributed by atoms with Crippen LogP contribution in [0.15, 0.2) is 170 Å². The Bertz CT molecular complexity index is 1530. The van der Waals surface area contributed by atoms with Crippen molar-refractivity contribution in [2.45, 2.75) is 149 Å². The summed E-state index contributed by atoms with van der Waals surface area (Å²) in [6, 6.07) is 0. The minimum Gasteiger partial charge on any atom is -0.462 e. The van der Waals surface area contributed by atoms with E-state index in [-0.39, 0.29) is 38.0 Å². The number of unbranched alkanes of at least 4 members (excludes halogenated alkanes) is 10. The van der Waals surface area contributed by atoms with Gasteiger partial charge in [0.15, 0.2) is 6.10 Å². The maximum atomic E-state index is 12.7. The predicted molar refractivity (Wildman–Crippen MR) is 265 cm³/mol. The Morgan fingerprint density at radius 1 is 0.339 bits per heavy atom. The molecule has 6 nitrogen and oxygen atoms in total. The summed E-state index contributed by atoms with van der Waals surface area (Å²) >= 11 is 0. The van der Waals surface area contributed by atoms with Crippen LogP contribution in [0.5, 0.6) is 0 Å². The van der Waals surface area contributed by atoms with Gasteiger partial charge in [-0.05, 0) is 70.6 Å². The second kappa shape index (κ2) is 48.4. The summed E-state index contributed by atoms with van der Waals surface area (Å²) in [6.45, 7) is 6.09. The highest BCUT2D eigenvalue weighted by molar-refractivity contribution is 5.71. The zero-order valence-electron chi connectivity index (χ0n) is 38.5. The Kier molecular flexibility index (Phi) is 44.4. The van der Waals surface area contributed by atoms with E-state index < -0.39 is 12.1 Å². The smallest absolute Gasteiger partial charge is 0.306 e. The molecule has 0 heterocycles. The summed E-state index contributed by atoms with van der Waals surface area (Å²) in [5.74, 6) is -1.10. The Balaban J connectivity index is 4.64. The molecule has 340 valence electrons. The molecule has 0 N–H and O–H groups in total. The minimum atomic E-state index is -0.851. The van der Waals surface area contributed by atoms with Crippen LogP contribution in [-0.2, 0) is 28.6 Å². The zero-order chi connectivity index (χ0) is 45.1. The first-order chi connectivity index (χ1) is 30.5. The van der Waals surface area contributed by atoms with Crippen LogP contribution in [0.25, 0.3) is 0 Å². The molecule has 0 radical (unpaired) electrons. The maximum Gasteiger partial charge on any atom is 0.306 e. The molecule has 0 bridgehead atoms. The number of carbonyl (C=O) groups excluding carboxylic acids is 3. The molecule has 0 aromatic heterocycles. The van der Waals surface area contributed by atoms with Gasteiger partial charge in [0, 0.05) is 19.3 Å². The first kappa shape index (κ1) is 56.8. The van der Waals surface area contributed by atoms with Crippen molar-refractivity contribution in [3.05, 3.63) is 170 Å². The Morgan fingerprint density at radius 2 is 0.645 bits per heavy atom. The molecule has 0 spiro atoms. The second-order valence-corrected chi connectivity index (χ2v) is 14.5. The molecule has 0 aromatic carbocycles. The largest absolute Gasteiger partial charge is 0.462 e. The molecule has 1 atom stereocenters. The fraction of sp³-hybridized carbons (Fsp3) is 0.446. The summed E-state index contributed by atoms with van der Waals surface area (Å²) in [6.07, 6.45) is 71.9. The van der Waals surface area contributed by atoms with E-state index >= 15 is 0 Å². The summed E-state index contributed by atoms with van der Waals surface area (Å²) < 4.78 is 16.6. The van der Waals surface area contributed by atoms with Gasteiger partial charge in [-0.3, -0.25) is 14.4 Å². The van der Waals surface area contributed by atoms with Crippen molar-refractivity contribution in [1.82, 2.24) is 0 Å². The van der Waals surface area contributed by atoms with Gasteiger partial charge >= 0.3 is 17.9 Å². The fourth-order valence-electron chi connectivity index (χ4n) is 5.33. The van der Waals surface area contributed by atoms with Crippen molar-refractivity contribution in [3.8, 4) is 0 Å². The van der Waals surface area contributed by atoms with Gasteiger partial charge in [0.25, 0.3) is 0 Å². The first-order valence-electron chi connectivity index (χ1n) is 23.3. The van der Waals surface area contributed by atoms with Crippen LogP contribution in [-0.4, -0.2) is 37.2 Å². The van der Waals surface area contributed by atoms with Crippen LogP contribution >= 0.6 is 0 Å². The van der Waals surface area contributed by atoms with Gasteiger partial charge in [-0.15, -0.1) is 0 Å². The van der Waals surface area contributed by atoms with E-state index in [2.05, 4.69) is 63.3 Å². The van der Waals surface area contributed by atoms with E-state index in [1.54, 1.807) is 0 Å². The van der Waals surface area contributed by atoms with Crippen molar-refractivity contribution >= 4 is 17.9 Å². The van der Waals surface area contributed by atoms with Crippen LogP contribution in [0.4, 0.5) is 0 Å². The third-order valence-corrected chi connectivity index (χ3v) is 8.77. The van der Waals surface area contributed by atoms with Crippen LogP contribution < -0.4 is 0 Å². The zero-order valence-corrected chi connectivity index (χ0v) is 38.5. The molecule has 0 aromatic rings. The van der Waals surface area contributed by atoms with E-state index in [0.29, 0.717) is 25.7 Å². The number of carbonyl (C=O) groups is 3. The monoisotopic (exact) mass is 849 g/mol.